The summed E-state index contributed by atoms with van der Waals surface area (Å²) in [6.45, 7) is 4.06. The van der Waals surface area contributed by atoms with Crippen LogP contribution >= 0.6 is 0 Å². The van der Waals surface area contributed by atoms with E-state index < -0.39 is 0 Å². The average molecular weight is 268 g/mol. The number of benzene rings is 2. The molecule has 0 radical (unpaired) electrons. The van der Waals surface area contributed by atoms with Gasteiger partial charge in [0.1, 0.15) is 0 Å². The van der Waals surface area contributed by atoms with E-state index in [1.165, 1.54) is 16.7 Å². The molecular weight excluding hydrogens is 244 g/mol. The fourth-order valence-corrected chi connectivity index (χ4v) is 2.18. The Kier molecular flexibility index (Phi) is 5.78. The summed E-state index contributed by atoms with van der Waals surface area (Å²) < 4.78 is 0. The molecule has 0 saturated carbocycles. The van der Waals surface area contributed by atoms with Gasteiger partial charge in [0.05, 0.1) is 0 Å². The minimum absolute atomic E-state index is 0.285. The number of nitrogens with two attached hydrogens (primary N) is 1. The Morgan fingerprint density at radius 3 is 2.20 bits per heavy atom. The molecule has 2 aromatic carbocycles. The molecule has 0 heterocycles. The lowest BCUT2D eigenvalue weighted by molar-refractivity contribution is 0.590. The van der Waals surface area contributed by atoms with Gasteiger partial charge in [0.2, 0.25) is 0 Å². The van der Waals surface area contributed by atoms with Gasteiger partial charge < -0.3 is 11.1 Å². The molecule has 0 aliphatic rings. The zero-order valence-electron chi connectivity index (χ0n) is 12.2. The van der Waals surface area contributed by atoms with Crippen LogP contribution in [0.3, 0.4) is 0 Å². The summed E-state index contributed by atoms with van der Waals surface area (Å²) in [5.74, 6) is 0. The van der Waals surface area contributed by atoms with Crippen LogP contribution in [0.15, 0.2) is 54.6 Å². The molecule has 3 N–H and O–H groups in total. The molecular formula is C18H24N2. The van der Waals surface area contributed by atoms with E-state index >= 15 is 0 Å². The quantitative estimate of drug-likeness (QED) is 0.757. The summed E-state index contributed by atoms with van der Waals surface area (Å²) in [6, 6.07) is 19.6. The maximum atomic E-state index is 5.72. The Hall–Kier alpha value is -1.64. The van der Waals surface area contributed by atoms with E-state index in [4.69, 9.17) is 5.73 Å². The van der Waals surface area contributed by atoms with Crippen LogP contribution in [0.25, 0.3) is 11.1 Å². The highest BCUT2D eigenvalue weighted by Crippen LogP contribution is 2.19. The lowest BCUT2D eigenvalue weighted by Gasteiger charge is -2.08. The highest BCUT2D eigenvalue weighted by molar-refractivity contribution is 5.63. The molecule has 0 aromatic heterocycles. The average Bonchev–Trinajstić information content (AvgIpc) is 2.48. The molecule has 1 atom stereocenters. The molecule has 0 saturated heterocycles. The van der Waals surface area contributed by atoms with Gasteiger partial charge in [0, 0.05) is 6.04 Å². The summed E-state index contributed by atoms with van der Waals surface area (Å²) >= 11 is 0. The number of rotatable bonds is 7. The predicted octanol–water partition coefficient (Wildman–Crippen LogP) is 3.22. The first-order valence-corrected chi connectivity index (χ1v) is 7.36. The Morgan fingerprint density at radius 2 is 1.55 bits per heavy atom. The number of hydrogen-bond donors (Lipinski definition) is 2. The van der Waals surface area contributed by atoms with Crippen LogP contribution < -0.4 is 11.1 Å². The smallest absolute Gasteiger partial charge is 0.00225 e. The minimum atomic E-state index is 0.285. The van der Waals surface area contributed by atoms with Crippen LogP contribution in [-0.2, 0) is 6.42 Å². The van der Waals surface area contributed by atoms with Gasteiger partial charge in [-0.25, -0.2) is 0 Å². The third kappa shape index (κ3) is 4.80. The van der Waals surface area contributed by atoms with E-state index in [2.05, 4.69) is 53.8 Å². The molecule has 0 bridgehead atoms. The molecule has 0 fully saturated rings. The zero-order valence-corrected chi connectivity index (χ0v) is 12.2. The Morgan fingerprint density at radius 1 is 0.900 bits per heavy atom. The first-order chi connectivity index (χ1) is 9.75. The van der Waals surface area contributed by atoms with Crippen molar-refractivity contribution in [1.82, 2.24) is 5.32 Å². The van der Waals surface area contributed by atoms with Crippen molar-refractivity contribution in [3.05, 3.63) is 60.2 Å². The van der Waals surface area contributed by atoms with Gasteiger partial charge in [-0.2, -0.15) is 0 Å². The van der Waals surface area contributed by atoms with Crippen LogP contribution in [-0.4, -0.2) is 19.1 Å². The van der Waals surface area contributed by atoms with Gasteiger partial charge in [-0.3, -0.25) is 0 Å². The van der Waals surface area contributed by atoms with Crippen molar-refractivity contribution >= 4 is 0 Å². The summed E-state index contributed by atoms with van der Waals surface area (Å²) in [5, 5.41) is 3.43. The Balaban J connectivity index is 1.80. The first-order valence-electron chi connectivity index (χ1n) is 7.36. The van der Waals surface area contributed by atoms with Crippen LogP contribution in [0.1, 0.15) is 18.9 Å². The molecule has 0 amide bonds. The van der Waals surface area contributed by atoms with Crippen LogP contribution in [0.5, 0.6) is 0 Å². The molecule has 2 rings (SSSR count). The molecule has 20 heavy (non-hydrogen) atoms. The van der Waals surface area contributed by atoms with E-state index in [9.17, 15) is 0 Å². The lowest BCUT2D eigenvalue weighted by atomic mass is 10.0. The SMILES string of the molecule is CC(N)CCNCCc1ccc(-c2ccccc2)cc1. The molecule has 0 spiro atoms. The van der Waals surface area contributed by atoms with E-state index in [1.54, 1.807) is 0 Å². The van der Waals surface area contributed by atoms with E-state index in [0.29, 0.717) is 0 Å². The second-order valence-electron chi connectivity index (χ2n) is 5.33. The largest absolute Gasteiger partial charge is 0.328 e. The van der Waals surface area contributed by atoms with Crippen molar-refractivity contribution in [3.8, 4) is 11.1 Å². The van der Waals surface area contributed by atoms with Crippen LogP contribution in [0, 0.1) is 0 Å². The third-order valence-corrected chi connectivity index (χ3v) is 3.43. The molecule has 106 valence electrons. The Bertz CT molecular complexity index is 489. The van der Waals surface area contributed by atoms with Crippen molar-refractivity contribution in [1.29, 1.82) is 0 Å². The first kappa shape index (κ1) is 14.8. The van der Waals surface area contributed by atoms with Gasteiger partial charge in [-0.15, -0.1) is 0 Å². The standard InChI is InChI=1S/C18H24N2/c1-15(19)11-13-20-14-12-16-7-9-18(10-8-16)17-5-3-2-4-6-17/h2-10,15,20H,11-14,19H2,1H3. The predicted molar refractivity (Wildman–Crippen MR) is 86.7 cm³/mol. The molecule has 0 aliphatic carbocycles. The van der Waals surface area contributed by atoms with E-state index in [-0.39, 0.29) is 6.04 Å². The maximum absolute atomic E-state index is 5.72. The highest BCUT2D eigenvalue weighted by atomic mass is 14.8. The van der Waals surface area contributed by atoms with Gasteiger partial charge in [0.25, 0.3) is 0 Å². The van der Waals surface area contributed by atoms with Crippen molar-refractivity contribution in [2.24, 2.45) is 5.73 Å². The highest BCUT2D eigenvalue weighted by Gasteiger charge is 1.98. The number of hydrogen-bond acceptors (Lipinski definition) is 2. The topological polar surface area (TPSA) is 38.0 Å². The molecule has 2 aromatic rings. The minimum Gasteiger partial charge on any atom is -0.328 e. The summed E-state index contributed by atoms with van der Waals surface area (Å²) in [4.78, 5) is 0. The lowest BCUT2D eigenvalue weighted by Crippen LogP contribution is -2.25. The van der Waals surface area contributed by atoms with Gasteiger partial charge >= 0.3 is 0 Å². The van der Waals surface area contributed by atoms with Gasteiger partial charge in [0.15, 0.2) is 0 Å². The van der Waals surface area contributed by atoms with Crippen LogP contribution in [0.2, 0.25) is 0 Å². The molecule has 0 aliphatic heterocycles. The maximum Gasteiger partial charge on any atom is 0.00225 e. The normalized spacial score (nSPS) is 12.3. The second kappa shape index (κ2) is 7.83. The van der Waals surface area contributed by atoms with Crippen molar-refractivity contribution in [2.75, 3.05) is 13.1 Å². The van der Waals surface area contributed by atoms with Gasteiger partial charge in [-0.1, -0.05) is 54.6 Å². The van der Waals surface area contributed by atoms with Crippen molar-refractivity contribution in [2.45, 2.75) is 25.8 Å². The Labute approximate surface area is 122 Å². The molecule has 2 heteroatoms. The summed E-state index contributed by atoms with van der Waals surface area (Å²) in [7, 11) is 0. The zero-order chi connectivity index (χ0) is 14.2. The molecule has 1 unspecified atom stereocenters. The molecule has 2 nitrogen and oxygen atoms in total. The van der Waals surface area contributed by atoms with Crippen molar-refractivity contribution in [3.63, 3.8) is 0 Å². The van der Waals surface area contributed by atoms with E-state index in [1.807, 2.05) is 13.0 Å². The fraction of sp³-hybridized carbons (Fsp3) is 0.333. The summed E-state index contributed by atoms with van der Waals surface area (Å²) in [5.41, 5.74) is 9.64. The number of nitrogens with one attached hydrogen (secondary N) is 1. The van der Waals surface area contributed by atoms with Gasteiger partial charge in [-0.05, 0) is 49.5 Å². The fourth-order valence-electron chi connectivity index (χ4n) is 2.18. The van der Waals surface area contributed by atoms with E-state index in [0.717, 1.165) is 25.9 Å². The summed E-state index contributed by atoms with van der Waals surface area (Å²) in [6.07, 6.45) is 2.10. The third-order valence-electron chi connectivity index (χ3n) is 3.43. The van der Waals surface area contributed by atoms with Crippen LogP contribution in [0.4, 0.5) is 0 Å². The monoisotopic (exact) mass is 268 g/mol. The second-order valence-corrected chi connectivity index (χ2v) is 5.33. The van der Waals surface area contributed by atoms with Crippen molar-refractivity contribution < 1.29 is 0 Å².